The summed E-state index contributed by atoms with van der Waals surface area (Å²) in [6.45, 7) is 2.97. The van der Waals surface area contributed by atoms with Gasteiger partial charge in [0.2, 0.25) is 0 Å². The average molecular weight is 413 g/mol. The number of likely N-dealkylation sites (tertiary alicyclic amines) is 1. The van der Waals surface area contributed by atoms with Crippen molar-refractivity contribution < 1.29 is 14.0 Å². The summed E-state index contributed by atoms with van der Waals surface area (Å²) in [6.07, 6.45) is 6.14. The maximum atomic E-state index is 12.8. The van der Waals surface area contributed by atoms with Crippen LogP contribution in [0.15, 0.2) is 53.4 Å². The largest absolute Gasteiger partial charge is 0.459 e. The highest BCUT2D eigenvalue weighted by Gasteiger charge is 2.26. The number of para-hydroxylation sites is 1. The van der Waals surface area contributed by atoms with Crippen LogP contribution in [-0.2, 0) is 0 Å². The van der Waals surface area contributed by atoms with Gasteiger partial charge in [-0.3, -0.25) is 9.59 Å². The maximum absolute atomic E-state index is 12.8. The molecule has 3 heterocycles. The van der Waals surface area contributed by atoms with Crippen molar-refractivity contribution in [1.82, 2.24) is 20.0 Å². The van der Waals surface area contributed by atoms with E-state index in [1.165, 1.54) is 6.26 Å². The SMILES string of the molecule is Cc1ccoc1C(=O)NC1CCN(C(=O)c2cnn(-c3ccccc3Cl)c2)CC1. The smallest absolute Gasteiger partial charge is 0.287 e. The minimum Gasteiger partial charge on any atom is -0.459 e. The lowest BCUT2D eigenvalue weighted by Gasteiger charge is -2.32. The van der Waals surface area contributed by atoms with Crippen molar-refractivity contribution >= 4 is 23.4 Å². The predicted octanol–water partition coefficient (Wildman–Crippen LogP) is 3.46. The monoisotopic (exact) mass is 412 g/mol. The van der Waals surface area contributed by atoms with Crippen molar-refractivity contribution in [3.05, 3.63) is 70.9 Å². The molecular formula is C21H21ClN4O3. The molecule has 1 aliphatic heterocycles. The van der Waals surface area contributed by atoms with Crippen molar-refractivity contribution in [2.24, 2.45) is 0 Å². The van der Waals surface area contributed by atoms with Crippen LogP contribution in [-0.4, -0.2) is 45.6 Å². The highest BCUT2D eigenvalue weighted by atomic mass is 35.5. The van der Waals surface area contributed by atoms with E-state index < -0.39 is 0 Å². The number of halogens is 1. The van der Waals surface area contributed by atoms with Crippen LogP contribution in [0.1, 0.15) is 39.3 Å². The lowest BCUT2D eigenvalue weighted by atomic mass is 10.0. The first-order valence-electron chi connectivity index (χ1n) is 9.47. The Kier molecular flexibility index (Phi) is 5.40. The molecule has 150 valence electrons. The third-order valence-electron chi connectivity index (χ3n) is 5.11. The van der Waals surface area contributed by atoms with Gasteiger partial charge in [-0.25, -0.2) is 4.68 Å². The number of piperidine rings is 1. The molecule has 0 saturated carbocycles. The van der Waals surface area contributed by atoms with Gasteiger partial charge in [0.1, 0.15) is 0 Å². The molecule has 0 radical (unpaired) electrons. The summed E-state index contributed by atoms with van der Waals surface area (Å²) in [5.74, 6) is 0.0590. The Morgan fingerprint density at radius 3 is 2.66 bits per heavy atom. The molecule has 1 aliphatic rings. The third-order valence-corrected chi connectivity index (χ3v) is 5.43. The summed E-state index contributed by atoms with van der Waals surface area (Å²) < 4.78 is 6.84. The molecule has 0 spiro atoms. The van der Waals surface area contributed by atoms with Gasteiger partial charge in [-0.1, -0.05) is 23.7 Å². The number of benzene rings is 1. The number of aryl methyl sites for hydroxylation is 1. The quantitative estimate of drug-likeness (QED) is 0.711. The number of rotatable bonds is 4. The molecule has 1 saturated heterocycles. The van der Waals surface area contributed by atoms with Gasteiger partial charge in [-0.15, -0.1) is 0 Å². The Labute approximate surface area is 173 Å². The first kappa shape index (κ1) is 19.3. The van der Waals surface area contributed by atoms with Gasteiger partial charge in [0.05, 0.1) is 28.7 Å². The molecule has 8 heteroatoms. The Balaban J connectivity index is 1.35. The summed E-state index contributed by atoms with van der Waals surface area (Å²) in [5.41, 5.74) is 2.05. The molecule has 1 N–H and O–H groups in total. The number of nitrogens with one attached hydrogen (secondary N) is 1. The lowest BCUT2D eigenvalue weighted by molar-refractivity contribution is 0.0695. The zero-order valence-electron chi connectivity index (χ0n) is 16.0. The molecule has 0 bridgehead atoms. The van der Waals surface area contributed by atoms with Gasteiger partial charge in [0, 0.05) is 30.9 Å². The van der Waals surface area contributed by atoms with Crippen LogP contribution in [0, 0.1) is 6.92 Å². The Morgan fingerprint density at radius 1 is 1.21 bits per heavy atom. The van der Waals surface area contributed by atoms with E-state index in [1.54, 1.807) is 34.1 Å². The molecule has 1 fully saturated rings. The Morgan fingerprint density at radius 2 is 1.97 bits per heavy atom. The molecule has 4 rings (SSSR count). The number of carbonyl (C=O) groups is 2. The normalized spacial score (nSPS) is 14.8. The molecular weight excluding hydrogens is 392 g/mol. The minimum absolute atomic E-state index is 0.0156. The zero-order chi connectivity index (χ0) is 20.4. The van der Waals surface area contributed by atoms with Crippen LogP contribution in [0.4, 0.5) is 0 Å². The van der Waals surface area contributed by atoms with Crippen molar-refractivity contribution in [3.63, 3.8) is 0 Å². The van der Waals surface area contributed by atoms with Crippen molar-refractivity contribution in [2.75, 3.05) is 13.1 Å². The lowest BCUT2D eigenvalue weighted by Crippen LogP contribution is -2.46. The molecule has 2 amide bonds. The van der Waals surface area contributed by atoms with E-state index >= 15 is 0 Å². The molecule has 0 atom stereocenters. The number of amides is 2. The Bertz CT molecular complexity index is 1030. The fourth-order valence-corrected chi connectivity index (χ4v) is 3.69. The van der Waals surface area contributed by atoms with Gasteiger partial charge >= 0.3 is 0 Å². The number of hydrogen-bond donors (Lipinski definition) is 1. The third kappa shape index (κ3) is 4.05. The van der Waals surface area contributed by atoms with E-state index in [0.717, 1.165) is 11.3 Å². The first-order valence-corrected chi connectivity index (χ1v) is 9.84. The second-order valence-corrected chi connectivity index (χ2v) is 7.50. The van der Waals surface area contributed by atoms with Crippen LogP contribution >= 0.6 is 11.6 Å². The molecule has 3 aromatic rings. The van der Waals surface area contributed by atoms with Gasteiger partial charge in [0.15, 0.2) is 5.76 Å². The standard InChI is InChI=1S/C21H21ClN4O3/c1-14-8-11-29-19(14)20(27)24-16-6-9-25(10-7-16)21(28)15-12-23-26(13-15)18-5-3-2-4-17(18)22/h2-5,8,11-13,16H,6-7,9-10H2,1H3,(H,24,27). The predicted molar refractivity (Wildman–Crippen MR) is 108 cm³/mol. The van der Waals surface area contributed by atoms with E-state index in [2.05, 4.69) is 10.4 Å². The van der Waals surface area contributed by atoms with Gasteiger partial charge in [0.25, 0.3) is 11.8 Å². The highest BCUT2D eigenvalue weighted by molar-refractivity contribution is 6.32. The molecule has 2 aromatic heterocycles. The summed E-state index contributed by atoms with van der Waals surface area (Å²) >= 11 is 6.20. The molecule has 7 nitrogen and oxygen atoms in total. The molecule has 29 heavy (non-hydrogen) atoms. The van der Waals surface area contributed by atoms with Gasteiger partial charge < -0.3 is 14.6 Å². The van der Waals surface area contributed by atoms with Crippen LogP contribution < -0.4 is 5.32 Å². The summed E-state index contributed by atoms with van der Waals surface area (Å²) in [4.78, 5) is 26.9. The summed E-state index contributed by atoms with van der Waals surface area (Å²) in [5, 5.41) is 7.83. The van der Waals surface area contributed by atoms with E-state index in [-0.39, 0.29) is 17.9 Å². The summed E-state index contributed by atoms with van der Waals surface area (Å²) in [6, 6.07) is 9.12. The fraction of sp³-hybridized carbons (Fsp3) is 0.286. The number of furan rings is 1. The molecule has 1 aromatic carbocycles. The first-order chi connectivity index (χ1) is 14.0. The van der Waals surface area contributed by atoms with Crippen LogP contribution in [0.2, 0.25) is 5.02 Å². The van der Waals surface area contributed by atoms with Crippen molar-refractivity contribution in [1.29, 1.82) is 0 Å². The van der Waals surface area contributed by atoms with E-state index in [0.29, 0.717) is 42.3 Å². The van der Waals surface area contributed by atoms with E-state index in [1.807, 2.05) is 25.1 Å². The second kappa shape index (κ2) is 8.13. The zero-order valence-corrected chi connectivity index (χ0v) is 16.7. The minimum atomic E-state index is -0.210. The van der Waals surface area contributed by atoms with Crippen LogP contribution in [0.25, 0.3) is 5.69 Å². The number of aromatic nitrogens is 2. The molecule has 0 unspecified atom stereocenters. The van der Waals surface area contributed by atoms with Crippen molar-refractivity contribution in [2.45, 2.75) is 25.8 Å². The summed E-state index contributed by atoms with van der Waals surface area (Å²) in [7, 11) is 0. The van der Waals surface area contributed by atoms with E-state index in [9.17, 15) is 9.59 Å². The maximum Gasteiger partial charge on any atom is 0.287 e. The Hall–Kier alpha value is -3.06. The van der Waals surface area contributed by atoms with E-state index in [4.69, 9.17) is 16.0 Å². The fourth-order valence-electron chi connectivity index (χ4n) is 3.47. The van der Waals surface area contributed by atoms with Gasteiger partial charge in [-0.2, -0.15) is 5.10 Å². The van der Waals surface area contributed by atoms with Crippen molar-refractivity contribution in [3.8, 4) is 5.69 Å². The number of carbonyl (C=O) groups excluding carboxylic acids is 2. The second-order valence-electron chi connectivity index (χ2n) is 7.10. The van der Waals surface area contributed by atoms with Gasteiger partial charge in [-0.05, 0) is 38.0 Å². The van der Waals surface area contributed by atoms with Crippen LogP contribution in [0.5, 0.6) is 0 Å². The molecule has 0 aliphatic carbocycles. The average Bonchev–Trinajstić information content (AvgIpc) is 3.38. The number of nitrogens with zero attached hydrogens (tertiary/aromatic N) is 3. The topological polar surface area (TPSA) is 80.4 Å². The highest BCUT2D eigenvalue weighted by Crippen LogP contribution is 2.20. The number of hydrogen-bond acceptors (Lipinski definition) is 4. The van der Waals surface area contributed by atoms with Crippen LogP contribution in [0.3, 0.4) is 0 Å².